The van der Waals surface area contributed by atoms with E-state index in [0.717, 1.165) is 16.7 Å². The highest BCUT2D eigenvalue weighted by molar-refractivity contribution is 5.85. The third kappa shape index (κ3) is 4.83. The lowest BCUT2D eigenvalue weighted by Gasteiger charge is -2.27. The Morgan fingerprint density at radius 3 is 2.44 bits per heavy atom. The van der Waals surface area contributed by atoms with Crippen LogP contribution in [0.1, 0.15) is 23.6 Å². The molecule has 1 unspecified atom stereocenters. The van der Waals surface area contributed by atoms with Gasteiger partial charge in [-0.1, -0.05) is 48.0 Å². The van der Waals surface area contributed by atoms with E-state index in [0.29, 0.717) is 5.75 Å². The van der Waals surface area contributed by atoms with Crippen LogP contribution in [0.25, 0.3) is 0 Å². The fourth-order valence-electron chi connectivity index (χ4n) is 2.66. The van der Waals surface area contributed by atoms with E-state index in [2.05, 4.69) is 0 Å². The number of amides is 1. The minimum absolute atomic E-state index is 0.0926. The lowest BCUT2D eigenvalue weighted by atomic mass is 10.1. The Bertz CT molecular complexity index is 743. The number of carboxylic acids is 1. The normalized spacial score (nSPS) is 11.6. The van der Waals surface area contributed by atoms with Crippen LogP contribution in [0.5, 0.6) is 5.75 Å². The van der Waals surface area contributed by atoms with Gasteiger partial charge in [0, 0.05) is 12.1 Å². The van der Waals surface area contributed by atoms with E-state index in [1.54, 1.807) is 7.11 Å². The second-order valence-electron chi connectivity index (χ2n) is 6.01. The third-order valence-corrected chi connectivity index (χ3v) is 4.12. The fraction of sp³-hybridized carbons (Fsp3) is 0.300. The molecule has 0 aliphatic heterocycles. The number of methoxy groups -OCH3 is 1. The molecule has 0 aromatic heterocycles. The summed E-state index contributed by atoms with van der Waals surface area (Å²) in [5.41, 5.74) is 2.66. The number of carboxylic acid groups (broad SMARTS) is 1. The molecule has 0 aliphatic rings. The predicted octanol–water partition coefficient (Wildman–Crippen LogP) is 3.05. The van der Waals surface area contributed by atoms with Crippen LogP contribution in [-0.4, -0.2) is 35.0 Å². The smallest absolute Gasteiger partial charge is 0.326 e. The van der Waals surface area contributed by atoms with Gasteiger partial charge in [-0.3, -0.25) is 4.79 Å². The Morgan fingerprint density at radius 1 is 1.16 bits per heavy atom. The minimum atomic E-state index is -1.03. The third-order valence-electron chi connectivity index (χ3n) is 4.12. The summed E-state index contributed by atoms with van der Waals surface area (Å²) >= 11 is 0. The molecule has 132 valence electrons. The molecule has 0 fully saturated rings. The number of nitrogens with zero attached hydrogens (tertiary/aromatic N) is 1. The number of hydrogen-bond donors (Lipinski definition) is 1. The van der Waals surface area contributed by atoms with Gasteiger partial charge < -0.3 is 14.7 Å². The van der Waals surface area contributed by atoms with Crippen molar-refractivity contribution >= 4 is 11.9 Å². The number of rotatable bonds is 7. The number of ether oxygens (including phenoxy) is 1. The van der Waals surface area contributed by atoms with Crippen LogP contribution in [0, 0.1) is 6.92 Å². The van der Waals surface area contributed by atoms with Crippen molar-refractivity contribution < 1.29 is 19.4 Å². The first kappa shape index (κ1) is 18.5. The predicted molar refractivity (Wildman–Crippen MR) is 95.5 cm³/mol. The zero-order chi connectivity index (χ0) is 18.4. The molecule has 1 atom stereocenters. The molecule has 2 aromatic rings. The van der Waals surface area contributed by atoms with Crippen molar-refractivity contribution in [1.82, 2.24) is 4.90 Å². The molecule has 5 nitrogen and oxygen atoms in total. The average molecular weight is 341 g/mol. The van der Waals surface area contributed by atoms with Crippen molar-refractivity contribution in [2.24, 2.45) is 0 Å². The van der Waals surface area contributed by atoms with E-state index in [1.807, 2.05) is 55.5 Å². The SMILES string of the molecule is COc1ccc(C)cc1CC(=O)N(Cc1ccccc1)C(C)C(=O)O. The molecule has 0 bridgehead atoms. The lowest BCUT2D eigenvalue weighted by Crippen LogP contribution is -2.43. The average Bonchev–Trinajstić information content (AvgIpc) is 2.60. The summed E-state index contributed by atoms with van der Waals surface area (Å²) in [6, 6.07) is 14.1. The van der Waals surface area contributed by atoms with Gasteiger partial charge in [-0.15, -0.1) is 0 Å². The van der Waals surface area contributed by atoms with Crippen LogP contribution >= 0.6 is 0 Å². The Hall–Kier alpha value is -2.82. The summed E-state index contributed by atoms with van der Waals surface area (Å²) in [5, 5.41) is 9.37. The molecule has 2 rings (SSSR count). The largest absolute Gasteiger partial charge is 0.496 e. The van der Waals surface area contributed by atoms with E-state index in [-0.39, 0.29) is 18.9 Å². The number of aryl methyl sites for hydroxylation is 1. The molecule has 25 heavy (non-hydrogen) atoms. The molecule has 0 saturated heterocycles. The molecule has 0 heterocycles. The summed E-state index contributed by atoms with van der Waals surface area (Å²) in [5.74, 6) is -0.648. The first-order valence-corrected chi connectivity index (χ1v) is 8.12. The summed E-state index contributed by atoms with van der Waals surface area (Å²) in [4.78, 5) is 25.7. The molecule has 0 radical (unpaired) electrons. The highest BCUT2D eigenvalue weighted by Crippen LogP contribution is 2.22. The highest BCUT2D eigenvalue weighted by Gasteiger charge is 2.26. The maximum absolute atomic E-state index is 12.8. The van der Waals surface area contributed by atoms with Crippen molar-refractivity contribution in [1.29, 1.82) is 0 Å². The summed E-state index contributed by atoms with van der Waals surface area (Å²) in [6.07, 6.45) is 0.0926. The monoisotopic (exact) mass is 341 g/mol. The zero-order valence-electron chi connectivity index (χ0n) is 14.7. The van der Waals surface area contributed by atoms with Crippen LogP contribution in [0.3, 0.4) is 0 Å². The molecule has 2 aromatic carbocycles. The Balaban J connectivity index is 2.26. The van der Waals surface area contributed by atoms with E-state index < -0.39 is 12.0 Å². The minimum Gasteiger partial charge on any atom is -0.496 e. The Labute approximate surface area is 147 Å². The number of hydrogen-bond acceptors (Lipinski definition) is 3. The van der Waals surface area contributed by atoms with Crippen LogP contribution in [0.4, 0.5) is 0 Å². The van der Waals surface area contributed by atoms with Gasteiger partial charge in [-0.25, -0.2) is 4.79 Å². The van der Waals surface area contributed by atoms with Crippen molar-refractivity contribution in [2.45, 2.75) is 32.9 Å². The summed E-state index contributed by atoms with van der Waals surface area (Å²) in [7, 11) is 1.56. The Morgan fingerprint density at radius 2 is 1.84 bits per heavy atom. The van der Waals surface area contributed by atoms with Crippen LogP contribution in [-0.2, 0) is 22.6 Å². The fourth-order valence-corrected chi connectivity index (χ4v) is 2.66. The van der Waals surface area contributed by atoms with Crippen molar-refractivity contribution in [3.8, 4) is 5.75 Å². The molecule has 1 amide bonds. The van der Waals surface area contributed by atoms with Crippen LogP contribution in [0.15, 0.2) is 48.5 Å². The maximum Gasteiger partial charge on any atom is 0.326 e. The van der Waals surface area contributed by atoms with Gasteiger partial charge in [0.05, 0.1) is 13.5 Å². The van der Waals surface area contributed by atoms with E-state index in [4.69, 9.17) is 4.74 Å². The number of benzene rings is 2. The van der Waals surface area contributed by atoms with Gasteiger partial charge in [0.15, 0.2) is 0 Å². The molecule has 0 aliphatic carbocycles. The van der Waals surface area contributed by atoms with Gasteiger partial charge >= 0.3 is 5.97 Å². The van der Waals surface area contributed by atoms with Crippen LogP contribution < -0.4 is 4.74 Å². The Kier molecular flexibility index (Phi) is 6.17. The number of carbonyl (C=O) groups is 2. The van der Waals surface area contributed by atoms with Gasteiger partial charge in [0.2, 0.25) is 5.91 Å². The quantitative estimate of drug-likeness (QED) is 0.840. The van der Waals surface area contributed by atoms with Gasteiger partial charge in [-0.05, 0) is 25.5 Å². The zero-order valence-corrected chi connectivity index (χ0v) is 14.7. The number of aliphatic carboxylic acids is 1. The van der Waals surface area contributed by atoms with Crippen molar-refractivity contribution in [3.05, 3.63) is 65.2 Å². The molecule has 0 saturated carbocycles. The van der Waals surface area contributed by atoms with Gasteiger partial charge in [-0.2, -0.15) is 0 Å². The molecule has 0 spiro atoms. The lowest BCUT2D eigenvalue weighted by molar-refractivity contribution is -0.149. The van der Waals surface area contributed by atoms with Crippen molar-refractivity contribution in [2.75, 3.05) is 7.11 Å². The van der Waals surface area contributed by atoms with E-state index in [1.165, 1.54) is 11.8 Å². The summed E-state index contributed by atoms with van der Waals surface area (Å²) < 4.78 is 5.32. The second kappa shape index (κ2) is 8.33. The van der Waals surface area contributed by atoms with Crippen LogP contribution in [0.2, 0.25) is 0 Å². The summed E-state index contributed by atoms with van der Waals surface area (Å²) in [6.45, 7) is 3.72. The first-order valence-electron chi connectivity index (χ1n) is 8.12. The topological polar surface area (TPSA) is 66.8 Å². The molecular weight excluding hydrogens is 318 g/mol. The van der Waals surface area contributed by atoms with E-state index in [9.17, 15) is 14.7 Å². The molecule has 5 heteroatoms. The first-order chi connectivity index (χ1) is 11.9. The maximum atomic E-state index is 12.8. The highest BCUT2D eigenvalue weighted by atomic mass is 16.5. The molecular formula is C20H23NO4. The van der Waals surface area contributed by atoms with Crippen molar-refractivity contribution in [3.63, 3.8) is 0 Å². The van der Waals surface area contributed by atoms with Gasteiger partial charge in [0.25, 0.3) is 0 Å². The standard InChI is InChI=1S/C20H23NO4/c1-14-9-10-18(25-3)17(11-14)12-19(22)21(15(2)20(23)24)13-16-7-5-4-6-8-16/h4-11,15H,12-13H2,1-3H3,(H,23,24). The second-order valence-corrected chi connectivity index (χ2v) is 6.01. The van der Waals surface area contributed by atoms with E-state index >= 15 is 0 Å². The van der Waals surface area contributed by atoms with Gasteiger partial charge in [0.1, 0.15) is 11.8 Å². The number of carbonyl (C=O) groups excluding carboxylic acids is 1. The molecule has 1 N–H and O–H groups in total.